The zero-order valence-electron chi connectivity index (χ0n) is 12.1. The lowest BCUT2D eigenvalue weighted by Gasteiger charge is -2.18. The van der Waals surface area contributed by atoms with Crippen LogP contribution in [0.4, 0.5) is 18.9 Å². The molecule has 22 heavy (non-hydrogen) atoms. The number of alkyl halides is 3. The summed E-state index contributed by atoms with van der Waals surface area (Å²) in [7, 11) is 0. The maximum absolute atomic E-state index is 12.9. The molecule has 0 bridgehead atoms. The van der Waals surface area contributed by atoms with E-state index in [-0.39, 0.29) is 5.69 Å². The van der Waals surface area contributed by atoms with Gasteiger partial charge in [0.05, 0.1) is 11.3 Å². The first-order chi connectivity index (χ1) is 10.3. The Kier molecular flexibility index (Phi) is 4.44. The molecule has 1 aliphatic rings. The predicted octanol–water partition coefficient (Wildman–Crippen LogP) is 2.95. The molecule has 0 radical (unpaired) electrons. The van der Waals surface area contributed by atoms with Crippen LogP contribution < -0.4 is 10.6 Å². The van der Waals surface area contributed by atoms with Crippen LogP contribution in [0.3, 0.4) is 0 Å². The van der Waals surface area contributed by atoms with Crippen LogP contribution in [-0.4, -0.2) is 18.4 Å². The number of halogens is 3. The number of amides is 2. The highest BCUT2D eigenvalue weighted by Gasteiger charge is 2.56. The molecule has 0 aromatic heterocycles. The van der Waals surface area contributed by atoms with Gasteiger partial charge in [-0.05, 0) is 31.4 Å². The first-order valence-corrected chi connectivity index (χ1v) is 7.07. The van der Waals surface area contributed by atoms with Gasteiger partial charge in [-0.15, -0.1) is 0 Å². The summed E-state index contributed by atoms with van der Waals surface area (Å²) >= 11 is 0. The fraction of sp³-hybridized carbons (Fsp3) is 0.467. The summed E-state index contributed by atoms with van der Waals surface area (Å²) in [6.45, 7) is 2.31. The van der Waals surface area contributed by atoms with Gasteiger partial charge in [0.1, 0.15) is 5.41 Å². The minimum Gasteiger partial charge on any atom is -0.355 e. The van der Waals surface area contributed by atoms with E-state index in [2.05, 4.69) is 10.6 Å². The lowest BCUT2D eigenvalue weighted by molar-refractivity contribution is -0.137. The average Bonchev–Trinajstić information content (AvgIpc) is 3.26. The summed E-state index contributed by atoms with van der Waals surface area (Å²) in [5, 5.41) is 4.88. The van der Waals surface area contributed by atoms with Crippen molar-refractivity contribution in [2.45, 2.75) is 32.4 Å². The maximum Gasteiger partial charge on any atom is 0.418 e. The monoisotopic (exact) mass is 314 g/mol. The second kappa shape index (κ2) is 5.98. The van der Waals surface area contributed by atoms with Crippen LogP contribution in [0.25, 0.3) is 0 Å². The Morgan fingerprint density at radius 1 is 1.18 bits per heavy atom. The molecule has 0 atom stereocenters. The smallest absolute Gasteiger partial charge is 0.355 e. The van der Waals surface area contributed by atoms with Gasteiger partial charge in [-0.3, -0.25) is 9.59 Å². The number of benzene rings is 1. The molecule has 1 aliphatic carbocycles. The van der Waals surface area contributed by atoms with Gasteiger partial charge in [0, 0.05) is 6.54 Å². The Morgan fingerprint density at radius 2 is 1.82 bits per heavy atom. The molecule has 1 fully saturated rings. The highest BCUT2D eigenvalue weighted by atomic mass is 19.4. The van der Waals surface area contributed by atoms with E-state index in [0.717, 1.165) is 12.5 Å². The average molecular weight is 314 g/mol. The van der Waals surface area contributed by atoms with Gasteiger partial charge in [0.15, 0.2) is 0 Å². The highest BCUT2D eigenvalue weighted by Crippen LogP contribution is 2.47. The zero-order valence-corrected chi connectivity index (χ0v) is 12.1. The van der Waals surface area contributed by atoms with Crippen molar-refractivity contribution in [3.63, 3.8) is 0 Å². The molecule has 0 saturated heterocycles. The van der Waals surface area contributed by atoms with Crippen LogP contribution in [0.1, 0.15) is 31.7 Å². The van der Waals surface area contributed by atoms with Gasteiger partial charge in [-0.2, -0.15) is 13.2 Å². The summed E-state index contributed by atoms with van der Waals surface area (Å²) < 4.78 is 38.7. The Labute approximate surface area is 126 Å². The van der Waals surface area contributed by atoms with Crippen molar-refractivity contribution in [2.75, 3.05) is 11.9 Å². The Bertz CT molecular complexity index is 580. The van der Waals surface area contributed by atoms with E-state index in [1.54, 1.807) is 0 Å². The number of hydrogen-bond donors (Lipinski definition) is 2. The summed E-state index contributed by atoms with van der Waals surface area (Å²) in [5.74, 6) is -1.10. The number of nitrogens with one attached hydrogen (secondary N) is 2. The third-order valence-corrected chi connectivity index (χ3v) is 3.64. The number of para-hydroxylation sites is 1. The summed E-state index contributed by atoms with van der Waals surface area (Å²) in [5.41, 5.74) is -2.48. The van der Waals surface area contributed by atoms with Crippen LogP contribution >= 0.6 is 0 Å². The van der Waals surface area contributed by atoms with E-state index in [1.807, 2.05) is 6.92 Å². The van der Waals surface area contributed by atoms with Crippen molar-refractivity contribution in [1.29, 1.82) is 0 Å². The van der Waals surface area contributed by atoms with Crippen LogP contribution in [0.15, 0.2) is 24.3 Å². The fourth-order valence-corrected chi connectivity index (χ4v) is 2.17. The second-order valence-electron chi connectivity index (χ2n) is 5.34. The number of hydrogen-bond acceptors (Lipinski definition) is 2. The SMILES string of the molecule is CCCNC(=O)C1(C(=O)Nc2ccccc2C(F)(F)F)CC1. The molecular weight excluding hydrogens is 297 g/mol. The quantitative estimate of drug-likeness (QED) is 0.821. The molecule has 2 N–H and O–H groups in total. The van der Waals surface area contributed by atoms with Crippen molar-refractivity contribution in [2.24, 2.45) is 5.41 Å². The molecule has 0 spiro atoms. The summed E-state index contributed by atoms with van der Waals surface area (Å²) in [6.07, 6.45) is -3.14. The van der Waals surface area contributed by atoms with Gasteiger partial charge in [0.2, 0.25) is 11.8 Å². The Balaban J connectivity index is 2.15. The predicted molar refractivity (Wildman–Crippen MR) is 75.0 cm³/mol. The zero-order chi connectivity index (χ0) is 16.4. The van der Waals surface area contributed by atoms with Gasteiger partial charge in [-0.1, -0.05) is 19.1 Å². The van der Waals surface area contributed by atoms with Gasteiger partial charge in [-0.25, -0.2) is 0 Å². The van der Waals surface area contributed by atoms with Gasteiger partial charge < -0.3 is 10.6 Å². The van der Waals surface area contributed by atoms with E-state index >= 15 is 0 Å². The standard InChI is InChI=1S/C15H17F3N2O2/c1-2-9-19-12(21)14(7-8-14)13(22)20-11-6-4-3-5-10(11)15(16,17)18/h3-6H,2,7-9H2,1H3,(H,19,21)(H,20,22). The van der Waals surface area contributed by atoms with Gasteiger partial charge in [0.25, 0.3) is 0 Å². The molecule has 120 valence electrons. The van der Waals surface area contributed by atoms with Crippen LogP contribution in [-0.2, 0) is 15.8 Å². The molecule has 1 aromatic carbocycles. The normalized spacial score (nSPS) is 16.0. The molecule has 2 rings (SSSR count). The van der Waals surface area contributed by atoms with Crippen molar-refractivity contribution in [3.05, 3.63) is 29.8 Å². The van der Waals surface area contributed by atoms with Crippen molar-refractivity contribution in [3.8, 4) is 0 Å². The molecular formula is C15H17F3N2O2. The van der Waals surface area contributed by atoms with Crippen LogP contribution in [0, 0.1) is 5.41 Å². The highest BCUT2D eigenvalue weighted by molar-refractivity contribution is 6.13. The van der Waals surface area contributed by atoms with E-state index in [9.17, 15) is 22.8 Å². The second-order valence-corrected chi connectivity index (χ2v) is 5.34. The van der Waals surface area contributed by atoms with Crippen molar-refractivity contribution < 1.29 is 22.8 Å². The van der Waals surface area contributed by atoms with E-state index in [1.165, 1.54) is 18.2 Å². The fourth-order valence-electron chi connectivity index (χ4n) is 2.17. The van der Waals surface area contributed by atoms with Crippen LogP contribution in [0.5, 0.6) is 0 Å². The van der Waals surface area contributed by atoms with E-state index < -0.39 is 29.0 Å². The first kappa shape index (κ1) is 16.3. The summed E-state index contributed by atoms with van der Waals surface area (Å²) in [4.78, 5) is 24.2. The van der Waals surface area contributed by atoms with Crippen molar-refractivity contribution >= 4 is 17.5 Å². The number of anilines is 1. The molecule has 2 amide bonds. The number of rotatable bonds is 5. The molecule has 1 aromatic rings. The van der Waals surface area contributed by atoms with Gasteiger partial charge >= 0.3 is 6.18 Å². The van der Waals surface area contributed by atoms with E-state index in [0.29, 0.717) is 19.4 Å². The Morgan fingerprint density at radius 3 is 2.36 bits per heavy atom. The lowest BCUT2D eigenvalue weighted by atomic mass is 10.0. The minimum absolute atomic E-state index is 0.324. The lowest BCUT2D eigenvalue weighted by Crippen LogP contribution is -2.40. The first-order valence-electron chi connectivity index (χ1n) is 7.07. The largest absolute Gasteiger partial charge is 0.418 e. The van der Waals surface area contributed by atoms with Crippen LogP contribution in [0.2, 0.25) is 0 Å². The number of carbonyl (C=O) groups is 2. The Hall–Kier alpha value is -2.05. The van der Waals surface area contributed by atoms with Crippen molar-refractivity contribution in [1.82, 2.24) is 5.32 Å². The minimum atomic E-state index is -4.56. The summed E-state index contributed by atoms with van der Waals surface area (Å²) in [6, 6.07) is 4.73. The number of carbonyl (C=O) groups excluding carboxylic acids is 2. The molecule has 0 heterocycles. The molecule has 4 nitrogen and oxygen atoms in total. The molecule has 7 heteroatoms. The third kappa shape index (κ3) is 3.23. The third-order valence-electron chi connectivity index (χ3n) is 3.64. The van der Waals surface area contributed by atoms with E-state index in [4.69, 9.17) is 0 Å². The molecule has 0 aliphatic heterocycles. The maximum atomic E-state index is 12.9. The molecule has 1 saturated carbocycles. The topological polar surface area (TPSA) is 58.2 Å². The molecule has 0 unspecified atom stereocenters.